The number of nitrogens with one attached hydrogen (secondary N) is 1. The zero-order valence-corrected chi connectivity index (χ0v) is 13.1. The third kappa shape index (κ3) is 4.55. The molecule has 1 aromatic rings. The summed E-state index contributed by atoms with van der Waals surface area (Å²) >= 11 is 0. The summed E-state index contributed by atoms with van der Waals surface area (Å²) in [6.07, 6.45) is 2.34. The standard InChI is InChI=1S/C17H27N3O/c1-13(2)17(21)19-16-5-3-4-15(12-16)14-6-9-20(10-7-14)11-8-18/h3-5,12-14H,6-11,18H2,1-2H3,(H,19,21). The lowest BCUT2D eigenvalue weighted by Crippen LogP contribution is -2.36. The van der Waals surface area contributed by atoms with Crippen molar-refractivity contribution < 1.29 is 4.79 Å². The van der Waals surface area contributed by atoms with Crippen molar-refractivity contribution in [3.63, 3.8) is 0 Å². The van der Waals surface area contributed by atoms with E-state index in [-0.39, 0.29) is 11.8 Å². The molecule has 1 aromatic carbocycles. The monoisotopic (exact) mass is 289 g/mol. The van der Waals surface area contributed by atoms with Crippen molar-refractivity contribution in [3.05, 3.63) is 29.8 Å². The fourth-order valence-electron chi connectivity index (χ4n) is 2.83. The molecule has 4 heteroatoms. The Morgan fingerprint density at radius 1 is 1.38 bits per heavy atom. The lowest BCUT2D eigenvalue weighted by Gasteiger charge is -2.32. The van der Waals surface area contributed by atoms with Crippen LogP contribution in [0.4, 0.5) is 5.69 Å². The Labute approximate surface area is 127 Å². The van der Waals surface area contributed by atoms with Crippen LogP contribution in [0.2, 0.25) is 0 Å². The number of benzene rings is 1. The zero-order valence-electron chi connectivity index (χ0n) is 13.1. The normalized spacial score (nSPS) is 17.1. The molecule has 0 unspecified atom stereocenters. The zero-order chi connectivity index (χ0) is 15.2. The van der Waals surface area contributed by atoms with Gasteiger partial charge in [-0.05, 0) is 49.5 Å². The first kappa shape index (κ1) is 16.0. The Bertz CT molecular complexity index is 465. The van der Waals surface area contributed by atoms with E-state index < -0.39 is 0 Å². The van der Waals surface area contributed by atoms with Gasteiger partial charge in [-0.2, -0.15) is 0 Å². The van der Waals surface area contributed by atoms with E-state index in [1.54, 1.807) is 0 Å². The Balaban J connectivity index is 1.97. The van der Waals surface area contributed by atoms with Crippen molar-refractivity contribution in [2.45, 2.75) is 32.6 Å². The summed E-state index contributed by atoms with van der Waals surface area (Å²) in [5.74, 6) is 0.674. The number of anilines is 1. The molecule has 1 amide bonds. The smallest absolute Gasteiger partial charge is 0.226 e. The highest BCUT2D eigenvalue weighted by Crippen LogP contribution is 2.29. The molecule has 1 saturated heterocycles. The van der Waals surface area contributed by atoms with E-state index in [0.717, 1.165) is 31.9 Å². The van der Waals surface area contributed by atoms with Crippen molar-refractivity contribution in [1.82, 2.24) is 4.90 Å². The number of nitrogens with two attached hydrogens (primary N) is 1. The summed E-state index contributed by atoms with van der Waals surface area (Å²) in [6.45, 7) is 7.78. The maximum atomic E-state index is 11.8. The Kier molecular flexibility index (Phi) is 5.76. The second-order valence-electron chi connectivity index (χ2n) is 6.17. The molecule has 0 aliphatic carbocycles. The van der Waals surface area contributed by atoms with E-state index in [9.17, 15) is 4.79 Å². The number of carbonyl (C=O) groups excluding carboxylic acids is 1. The van der Waals surface area contributed by atoms with E-state index in [4.69, 9.17) is 5.73 Å². The molecular weight excluding hydrogens is 262 g/mol. The topological polar surface area (TPSA) is 58.4 Å². The van der Waals surface area contributed by atoms with Crippen LogP contribution in [0.15, 0.2) is 24.3 Å². The van der Waals surface area contributed by atoms with Crippen molar-refractivity contribution >= 4 is 11.6 Å². The maximum absolute atomic E-state index is 11.8. The minimum Gasteiger partial charge on any atom is -0.329 e. The number of piperidine rings is 1. The van der Waals surface area contributed by atoms with E-state index >= 15 is 0 Å². The predicted octanol–water partition coefficient (Wildman–Crippen LogP) is 2.42. The first-order valence-corrected chi connectivity index (χ1v) is 7.93. The summed E-state index contributed by atoms with van der Waals surface area (Å²) in [7, 11) is 0. The number of likely N-dealkylation sites (tertiary alicyclic amines) is 1. The number of hydrogen-bond acceptors (Lipinski definition) is 3. The van der Waals surface area contributed by atoms with Gasteiger partial charge in [-0.1, -0.05) is 26.0 Å². The maximum Gasteiger partial charge on any atom is 0.226 e. The lowest BCUT2D eigenvalue weighted by molar-refractivity contribution is -0.118. The fourth-order valence-corrected chi connectivity index (χ4v) is 2.83. The average molecular weight is 289 g/mol. The summed E-state index contributed by atoms with van der Waals surface area (Å²) in [5, 5.41) is 2.98. The van der Waals surface area contributed by atoms with Crippen LogP contribution in [0.1, 0.15) is 38.2 Å². The third-order valence-corrected chi connectivity index (χ3v) is 4.18. The Hall–Kier alpha value is -1.39. The van der Waals surface area contributed by atoms with E-state index in [2.05, 4.69) is 22.3 Å². The van der Waals surface area contributed by atoms with E-state index in [1.165, 1.54) is 18.4 Å². The van der Waals surface area contributed by atoms with Crippen LogP contribution >= 0.6 is 0 Å². The fraction of sp³-hybridized carbons (Fsp3) is 0.588. The highest BCUT2D eigenvalue weighted by atomic mass is 16.1. The van der Waals surface area contributed by atoms with Crippen molar-refractivity contribution in [3.8, 4) is 0 Å². The van der Waals surface area contributed by atoms with Gasteiger partial charge >= 0.3 is 0 Å². The molecule has 0 spiro atoms. The third-order valence-electron chi connectivity index (χ3n) is 4.18. The van der Waals surface area contributed by atoms with Crippen molar-refractivity contribution in [2.75, 3.05) is 31.5 Å². The second kappa shape index (κ2) is 7.57. The van der Waals surface area contributed by atoms with Gasteiger partial charge in [-0.25, -0.2) is 0 Å². The van der Waals surface area contributed by atoms with Crippen LogP contribution in [0.25, 0.3) is 0 Å². The van der Waals surface area contributed by atoms with Gasteiger partial charge < -0.3 is 16.0 Å². The quantitative estimate of drug-likeness (QED) is 0.875. The van der Waals surface area contributed by atoms with Gasteiger partial charge in [-0.3, -0.25) is 4.79 Å². The van der Waals surface area contributed by atoms with Crippen LogP contribution in [-0.4, -0.2) is 37.0 Å². The molecule has 3 N–H and O–H groups in total. The van der Waals surface area contributed by atoms with Gasteiger partial charge in [0.1, 0.15) is 0 Å². The minimum atomic E-state index is 0.00755. The molecule has 116 valence electrons. The minimum absolute atomic E-state index is 0.00755. The average Bonchev–Trinajstić information content (AvgIpc) is 2.48. The Morgan fingerprint density at radius 3 is 2.71 bits per heavy atom. The first-order valence-electron chi connectivity index (χ1n) is 7.93. The molecule has 4 nitrogen and oxygen atoms in total. The van der Waals surface area contributed by atoms with Gasteiger partial charge in [-0.15, -0.1) is 0 Å². The number of rotatable bonds is 5. The highest BCUT2D eigenvalue weighted by Gasteiger charge is 2.20. The summed E-state index contributed by atoms with van der Waals surface area (Å²) < 4.78 is 0. The van der Waals surface area contributed by atoms with Gasteiger partial charge in [0, 0.05) is 24.7 Å². The molecule has 0 bridgehead atoms. The molecular formula is C17H27N3O. The van der Waals surface area contributed by atoms with Crippen LogP contribution in [0.5, 0.6) is 0 Å². The van der Waals surface area contributed by atoms with Gasteiger partial charge in [0.05, 0.1) is 0 Å². The largest absolute Gasteiger partial charge is 0.329 e. The molecule has 0 radical (unpaired) electrons. The molecule has 21 heavy (non-hydrogen) atoms. The molecule has 0 aromatic heterocycles. The highest BCUT2D eigenvalue weighted by molar-refractivity contribution is 5.92. The molecule has 1 aliphatic rings. The lowest BCUT2D eigenvalue weighted by atomic mass is 9.89. The molecule has 1 fully saturated rings. The molecule has 0 saturated carbocycles. The number of carbonyl (C=O) groups is 1. The van der Waals surface area contributed by atoms with Gasteiger partial charge in [0.15, 0.2) is 0 Å². The number of hydrogen-bond donors (Lipinski definition) is 2. The first-order chi connectivity index (χ1) is 10.1. The molecule has 0 atom stereocenters. The molecule has 1 aliphatic heterocycles. The van der Waals surface area contributed by atoms with Crippen LogP contribution in [-0.2, 0) is 4.79 Å². The van der Waals surface area contributed by atoms with Gasteiger partial charge in [0.2, 0.25) is 5.91 Å². The predicted molar refractivity (Wildman–Crippen MR) is 87.4 cm³/mol. The summed E-state index contributed by atoms with van der Waals surface area (Å²) in [5.41, 5.74) is 7.86. The summed E-state index contributed by atoms with van der Waals surface area (Å²) in [6, 6.07) is 8.31. The SMILES string of the molecule is CC(C)C(=O)Nc1cccc(C2CCN(CCN)CC2)c1. The van der Waals surface area contributed by atoms with E-state index in [0.29, 0.717) is 5.92 Å². The number of amides is 1. The second-order valence-corrected chi connectivity index (χ2v) is 6.17. The molecule has 2 rings (SSSR count). The summed E-state index contributed by atoms with van der Waals surface area (Å²) in [4.78, 5) is 14.2. The Morgan fingerprint density at radius 2 is 2.10 bits per heavy atom. The van der Waals surface area contributed by atoms with Crippen molar-refractivity contribution in [2.24, 2.45) is 11.7 Å². The molecule has 1 heterocycles. The van der Waals surface area contributed by atoms with Gasteiger partial charge in [0.25, 0.3) is 0 Å². The number of nitrogens with zero attached hydrogens (tertiary/aromatic N) is 1. The van der Waals surface area contributed by atoms with Crippen molar-refractivity contribution in [1.29, 1.82) is 0 Å². The van der Waals surface area contributed by atoms with Crippen LogP contribution in [0.3, 0.4) is 0 Å². The van der Waals surface area contributed by atoms with Crippen LogP contribution in [0, 0.1) is 5.92 Å². The van der Waals surface area contributed by atoms with E-state index in [1.807, 2.05) is 26.0 Å². The van der Waals surface area contributed by atoms with Crippen LogP contribution < -0.4 is 11.1 Å².